The maximum Gasteiger partial charge on any atom is 0.142 e. The SMILES string of the molecule is COc1cc(SC(C)(C)C)ccc1N. The van der Waals surface area contributed by atoms with Crippen molar-refractivity contribution in [2.24, 2.45) is 0 Å². The number of ether oxygens (including phenoxy) is 1. The molecule has 1 aromatic carbocycles. The fourth-order valence-electron chi connectivity index (χ4n) is 1.11. The molecule has 0 amide bonds. The van der Waals surface area contributed by atoms with Crippen molar-refractivity contribution in [2.45, 2.75) is 30.4 Å². The molecule has 0 unspecified atom stereocenters. The summed E-state index contributed by atoms with van der Waals surface area (Å²) in [5.41, 5.74) is 6.42. The van der Waals surface area contributed by atoms with Gasteiger partial charge in [0.15, 0.2) is 0 Å². The van der Waals surface area contributed by atoms with Crippen LogP contribution >= 0.6 is 11.8 Å². The highest BCUT2D eigenvalue weighted by atomic mass is 32.2. The van der Waals surface area contributed by atoms with Crippen molar-refractivity contribution in [2.75, 3.05) is 12.8 Å². The Hall–Kier alpha value is -0.830. The van der Waals surface area contributed by atoms with Crippen LogP contribution in [0.4, 0.5) is 5.69 Å². The quantitative estimate of drug-likeness (QED) is 0.603. The topological polar surface area (TPSA) is 35.2 Å². The van der Waals surface area contributed by atoms with E-state index in [0.29, 0.717) is 5.69 Å². The van der Waals surface area contributed by atoms with Gasteiger partial charge in [-0.05, 0) is 18.2 Å². The first kappa shape index (κ1) is 11.2. The van der Waals surface area contributed by atoms with Crippen molar-refractivity contribution in [3.8, 4) is 5.75 Å². The lowest BCUT2D eigenvalue weighted by atomic mass is 10.3. The van der Waals surface area contributed by atoms with Gasteiger partial charge < -0.3 is 10.5 Å². The van der Waals surface area contributed by atoms with Gasteiger partial charge in [0.2, 0.25) is 0 Å². The summed E-state index contributed by atoms with van der Waals surface area (Å²) in [5.74, 6) is 0.749. The number of thioether (sulfide) groups is 1. The van der Waals surface area contributed by atoms with Crippen molar-refractivity contribution in [3.63, 3.8) is 0 Å². The minimum absolute atomic E-state index is 0.209. The molecule has 0 heterocycles. The van der Waals surface area contributed by atoms with E-state index in [1.54, 1.807) is 18.9 Å². The molecule has 1 rings (SSSR count). The maximum atomic E-state index is 5.73. The van der Waals surface area contributed by atoms with E-state index in [2.05, 4.69) is 20.8 Å². The molecule has 0 fully saturated rings. The second-order valence-electron chi connectivity index (χ2n) is 4.12. The first-order valence-electron chi connectivity index (χ1n) is 4.55. The minimum atomic E-state index is 0.209. The molecule has 0 radical (unpaired) electrons. The minimum Gasteiger partial charge on any atom is -0.495 e. The van der Waals surface area contributed by atoms with Gasteiger partial charge in [0, 0.05) is 9.64 Å². The summed E-state index contributed by atoms with van der Waals surface area (Å²) in [6, 6.07) is 5.88. The number of nitrogen functional groups attached to an aromatic ring is 1. The Bertz CT molecular complexity index is 318. The second-order valence-corrected chi connectivity index (χ2v) is 6.02. The Labute approximate surface area is 89.8 Å². The predicted molar refractivity (Wildman–Crippen MR) is 63.0 cm³/mol. The molecule has 0 aliphatic carbocycles. The monoisotopic (exact) mass is 211 g/mol. The third-order valence-corrected chi connectivity index (χ3v) is 2.73. The molecule has 2 N–H and O–H groups in total. The van der Waals surface area contributed by atoms with Crippen molar-refractivity contribution in [1.82, 2.24) is 0 Å². The third-order valence-electron chi connectivity index (χ3n) is 1.63. The van der Waals surface area contributed by atoms with Gasteiger partial charge in [0.05, 0.1) is 12.8 Å². The summed E-state index contributed by atoms with van der Waals surface area (Å²) in [7, 11) is 1.64. The highest BCUT2D eigenvalue weighted by Crippen LogP contribution is 2.35. The Morgan fingerprint density at radius 1 is 1.29 bits per heavy atom. The normalized spacial score (nSPS) is 11.4. The largest absolute Gasteiger partial charge is 0.495 e. The molecule has 0 saturated heterocycles. The Kier molecular flexibility index (Phi) is 3.32. The van der Waals surface area contributed by atoms with E-state index in [1.165, 1.54) is 4.90 Å². The van der Waals surface area contributed by atoms with Crippen LogP contribution in [0.5, 0.6) is 5.75 Å². The lowest BCUT2D eigenvalue weighted by molar-refractivity contribution is 0.416. The number of anilines is 1. The molecule has 1 aromatic rings. The number of rotatable bonds is 2. The van der Waals surface area contributed by atoms with Crippen LogP contribution in [0.1, 0.15) is 20.8 Å². The van der Waals surface area contributed by atoms with Crippen molar-refractivity contribution >= 4 is 17.4 Å². The number of methoxy groups -OCH3 is 1. The predicted octanol–water partition coefficient (Wildman–Crippen LogP) is 3.17. The fraction of sp³-hybridized carbons (Fsp3) is 0.455. The number of hydrogen-bond acceptors (Lipinski definition) is 3. The van der Waals surface area contributed by atoms with Gasteiger partial charge in [0.1, 0.15) is 5.75 Å². The van der Waals surface area contributed by atoms with Crippen LogP contribution in [0, 0.1) is 0 Å². The average molecular weight is 211 g/mol. The van der Waals surface area contributed by atoms with Gasteiger partial charge in [-0.2, -0.15) is 0 Å². The Morgan fingerprint density at radius 2 is 1.93 bits per heavy atom. The molecule has 0 aliphatic rings. The van der Waals surface area contributed by atoms with E-state index >= 15 is 0 Å². The van der Waals surface area contributed by atoms with Gasteiger partial charge >= 0.3 is 0 Å². The van der Waals surface area contributed by atoms with E-state index in [4.69, 9.17) is 10.5 Å². The lowest BCUT2D eigenvalue weighted by Gasteiger charge is -2.18. The zero-order chi connectivity index (χ0) is 10.8. The van der Waals surface area contributed by atoms with Crippen LogP contribution in [0.15, 0.2) is 23.1 Å². The zero-order valence-corrected chi connectivity index (χ0v) is 9.94. The molecular weight excluding hydrogens is 194 g/mol. The highest BCUT2D eigenvalue weighted by Gasteiger charge is 2.12. The number of benzene rings is 1. The van der Waals surface area contributed by atoms with Crippen LogP contribution in [0.25, 0.3) is 0 Å². The molecule has 3 heteroatoms. The first-order chi connectivity index (χ1) is 6.42. The van der Waals surface area contributed by atoms with E-state index in [0.717, 1.165) is 5.75 Å². The van der Waals surface area contributed by atoms with E-state index in [9.17, 15) is 0 Å². The molecule has 0 atom stereocenters. The van der Waals surface area contributed by atoms with Crippen LogP contribution in [-0.4, -0.2) is 11.9 Å². The van der Waals surface area contributed by atoms with Crippen LogP contribution < -0.4 is 10.5 Å². The highest BCUT2D eigenvalue weighted by molar-refractivity contribution is 8.00. The molecule has 2 nitrogen and oxygen atoms in total. The summed E-state index contributed by atoms with van der Waals surface area (Å²) in [6.45, 7) is 6.54. The van der Waals surface area contributed by atoms with Crippen molar-refractivity contribution in [3.05, 3.63) is 18.2 Å². The third kappa shape index (κ3) is 3.14. The fourth-order valence-corrected chi connectivity index (χ4v) is 2.12. The second kappa shape index (κ2) is 4.13. The first-order valence-corrected chi connectivity index (χ1v) is 5.36. The van der Waals surface area contributed by atoms with Gasteiger partial charge in [-0.1, -0.05) is 20.8 Å². The summed E-state index contributed by atoms with van der Waals surface area (Å²) in [5, 5.41) is 0. The van der Waals surface area contributed by atoms with Gasteiger partial charge in [-0.25, -0.2) is 0 Å². The summed E-state index contributed by atoms with van der Waals surface area (Å²) in [4.78, 5) is 1.18. The molecular formula is C11H17NOS. The molecule has 78 valence electrons. The van der Waals surface area contributed by atoms with Gasteiger partial charge in [0.25, 0.3) is 0 Å². The van der Waals surface area contributed by atoms with Crippen molar-refractivity contribution in [1.29, 1.82) is 0 Å². The maximum absolute atomic E-state index is 5.73. The van der Waals surface area contributed by atoms with Crippen LogP contribution in [-0.2, 0) is 0 Å². The molecule has 0 saturated carbocycles. The average Bonchev–Trinajstić information content (AvgIpc) is 2.06. The van der Waals surface area contributed by atoms with E-state index in [-0.39, 0.29) is 4.75 Å². The number of nitrogens with two attached hydrogens (primary N) is 1. The van der Waals surface area contributed by atoms with Crippen molar-refractivity contribution < 1.29 is 4.74 Å². The zero-order valence-electron chi connectivity index (χ0n) is 9.13. The standard InChI is InChI=1S/C11H17NOS/c1-11(2,3)14-8-5-6-9(12)10(7-8)13-4/h5-7H,12H2,1-4H3. The Morgan fingerprint density at radius 3 is 2.43 bits per heavy atom. The molecule has 14 heavy (non-hydrogen) atoms. The summed E-state index contributed by atoms with van der Waals surface area (Å²) >= 11 is 1.80. The Balaban J connectivity index is 2.90. The van der Waals surface area contributed by atoms with Gasteiger partial charge in [-0.3, -0.25) is 0 Å². The van der Waals surface area contributed by atoms with E-state index in [1.807, 2.05) is 18.2 Å². The van der Waals surface area contributed by atoms with Crippen LogP contribution in [0.3, 0.4) is 0 Å². The molecule has 0 aliphatic heterocycles. The smallest absolute Gasteiger partial charge is 0.142 e. The molecule has 0 spiro atoms. The van der Waals surface area contributed by atoms with Crippen LogP contribution in [0.2, 0.25) is 0 Å². The van der Waals surface area contributed by atoms with E-state index < -0.39 is 0 Å². The molecule has 0 aromatic heterocycles. The summed E-state index contributed by atoms with van der Waals surface area (Å²) in [6.07, 6.45) is 0. The lowest BCUT2D eigenvalue weighted by Crippen LogP contribution is -2.06. The number of hydrogen-bond donors (Lipinski definition) is 1. The molecule has 0 bridgehead atoms. The van der Waals surface area contributed by atoms with Gasteiger partial charge in [-0.15, -0.1) is 11.8 Å². The summed E-state index contributed by atoms with van der Waals surface area (Å²) < 4.78 is 5.37.